The zero-order valence-corrected chi connectivity index (χ0v) is 17.8. The van der Waals surface area contributed by atoms with E-state index < -0.39 is 5.91 Å². The fourth-order valence-electron chi connectivity index (χ4n) is 3.66. The van der Waals surface area contributed by atoms with Gasteiger partial charge in [0, 0.05) is 12.6 Å². The number of anilines is 1. The van der Waals surface area contributed by atoms with Gasteiger partial charge in [0.15, 0.2) is 5.69 Å². The molecule has 1 atom stereocenters. The Morgan fingerprint density at radius 1 is 1.31 bits per heavy atom. The third-order valence-corrected chi connectivity index (χ3v) is 5.56. The summed E-state index contributed by atoms with van der Waals surface area (Å²) in [6.45, 7) is 5.17. The van der Waals surface area contributed by atoms with Crippen molar-refractivity contribution >= 4 is 17.4 Å². The van der Waals surface area contributed by atoms with Gasteiger partial charge in [-0.2, -0.15) is 9.78 Å². The molecule has 11 nitrogen and oxygen atoms in total. The van der Waals surface area contributed by atoms with Crippen molar-refractivity contribution in [3.8, 4) is 5.82 Å². The summed E-state index contributed by atoms with van der Waals surface area (Å²) in [5.41, 5.74) is 10.1. The van der Waals surface area contributed by atoms with E-state index in [0.717, 1.165) is 19.4 Å². The Hall–Kier alpha value is -3.67. The SMILES string of the molecule is C/C(=N/NC(=O)c1nnn(-c2nonc2N)c1CN1CCCCC1C)c1ccc(F)cc1. The lowest BCUT2D eigenvalue weighted by molar-refractivity contribution is 0.0944. The van der Waals surface area contributed by atoms with Crippen LogP contribution in [0, 0.1) is 5.82 Å². The van der Waals surface area contributed by atoms with E-state index in [4.69, 9.17) is 10.4 Å². The lowest BCUT2D eigenvalue weighted by atomic mass is 10.0. The number of likely N-dealkylation sites (tertiary alicyclic amines) is 1. The number of nitrogens with one attached hydrogen (secondary N) is 1. The molecule has 3 aromatic rings. The number of hydrogen-bond donors (Lipinski definition) is 2. The number of rotatable bonds is 6. The van der Waals surface area contributed by atoms with E-state index in [0.29, 0.717) is 29.6 Å². The van der Waals surface area contributed by atoms with E-state index in [1.165, 1.54) is 23.2 Å². The van der Waals surface area contributed by atoms with Crippen LogP contribution < -0.4 is 11.2 Å². The topological polar surface area (TPSA) is 140 Å². The van der Waals surface area contributed by atoms with Crippen LogP contribution in [0.4, 0.5) is 10.2 Å². The van der Waals surface area contributed by atoms with Crippen LogP contribution in [-0.4, -0.2) is 54.4 Å². The Labute approximate surface area is 183 Å². The monoisotopic (exact) mass is 441 g/mol. The normalized spacial score (nSPS) is 17.5. The molecular formula is C20H24FN9O2. The zero-order chi connectivity index (χ0) is 22.7. The van der Waals surface area contributed by atoms with Gasteiger partial charge in [0.05, 0.1) is 11.4 Å². The maximum Gasteiger partial charge on any atom is 0.293 e. The van der Waals surface area contributed by atoms with Crippen molar-refractivity contribution in [2.24, 2.45) is 5.10 Å². The van der Waals surface area contributed by atoms with Gasteiger partial charge in [-0.25, -0.2) is 14.4 Å². The standard InChI is InChI=1S/C20H24FN9O2/c1-12-5-3-4-10-29(12)11-16-17(24-28-30(16)19-18(22)26-32-27-19)20(31)25-23-13(2)14-6-8-15(21)9-7-14/h6-9,12H,3-5,10-11H2,1-2H3,(H2,22,26)(H,25,31)/b23-13-. The molecule has 0 spiro atoms. The number of nitrogen functional groups attached to an aromatic ring is 1. The van der Waals surface area contributed by atoms with Gasteiger partial charge in [0.25, 0.3) is 5.91 Å². The summed E-state index contributed by atoms with van der Waals surface area (Å²) in [6.07, 6.45) is 3.31. The van der Waals surface area contributed by atoms with Gasteiger partial charge in [0.2, 0.25) is 11.6 Å². The second-order valence-electron chi connectivity index (χ2n) is 7.73. The lowest BCUT2D eigenvalue weighted by Crippen LogP contribution is -2.38. The number of nitrogens with zero attached hydrogens (tertiary/aromatic N) is 7. The second kappa shape index (κ2) is 9.22. The molecule has 0 radical (unpaired) electrons. The summed E-state index contributed by atoms with van der Waals surface area (Å²) in [5, 5.41) is 19.6. The van der Waals surface area contributed by atoms with Crippen LogP contribution in [0.15, 0.2) is 34.0 Å². The van der Waals surface area contributed by atoms with Crippen molar-refractivity contribution in [3.05, 3.63) is 47.0 Å². The highest BCUT2D eigenvalue weighted by Crippen LogP contribution is 2.22. The number of amides is 1. The van der Waals surface area contributed by atoms with Gasteiger partial charge in [0.1, 0.15) is 5.82 Å². The predicted octanol–water partition coefficient (Wildman–Crippen LogP) is 1.90. The average Bonchev–Trinajstić information content (AvgIpc) is 3.39. The molecule has 1 unspecified atom stereocenters. The molecule has 168 valence electrons. The van der Waals surface area contributed by atoms with Crippen molar-refractivity contribution in [3.63, 3.8) is 0 Å². The molecule has 32 heavy (non-hydrogen) atoms. The summed E-state index contributed by atoms with van der Waals surface area (Å²) in [6, 6.07) is 6.17. The fraction of sp³-hybridized carbons (Fsp3) is 0.400. The Morgan fingerprint density at radius 2 is 2.09 bits per heavy atom. The van der Waals surface area contributed by atoms with Gasteiger partial charge in [-0.15, -0.1) is 5.10 Å². The van der Waals surface area contributed by atoms with E-state index in [-0.39, 0.29) is 23.1 Å². The van der Waals surface area contributed by atoms with Gasteiger partial charge < -0.3 is 5.73 Å². The van der Waals surface area contributed by atoms with E-state index in [1.807, 2.05) is 0 Å². The summed E-state index contributed by atoms with van der Waals surface area (Å²) in [4.78, 5) is 15.2. The van der Waals surface area contributed by atoms with Gasteiger partial charge >= 0.3 is 0 Å². The molecule has 1 saturated heterocycles. The first-order valence-corrected chi connectivity index (χ1v) is 10.3. The third-order valence-electron chi connectivity index (χ3n) is 5.56. The van der Waals surface area contributed by atoms with Crippen LogP contribution >= 0.6 is 0 Å². The van der Waals surface area contributed by atoms with Crippen molar-refractivity contribution < 1.29 is 13.8 Å². The first kappa shape index (κ1) is 21.6. The summed E-state index contributed by atoms with van der Waals surface area (Å²) < 4.78 is 19.2. The minimum Gasteiger partial charge on any atom is -0.378 e. The molecule has 1 fully saturated rings. The summed E-state index contributed by atoms with van der Waals surface area (Å²) in [7, 11) is 0. The zero-order valence-electron chi connectivity index (χ0n) is 17.8. The molecule has 1 amide bonds. The molecule has 1 aromatic carbocycles. The number of carbonyl (C=O) groups excluding carboxylic acids is 1. The Bertz CT molecular complexity index is 1120. The Kier molecular flexibility index (Phi) is 6.21. The number of piperidine rings is 1. The molecule has 0 saturated carbocycles. The van der Waals surface area contributed by atoms with Gasteiger partial charge in [-0.3, -0.25) is 9.69 Å². The van der Waals surface area contributed by atoms with Crippen molar-refractivity contribution in [2.45, 2.75) is 45.7 Å². The Morgan fingerprint density at radius 3 is 2.78 bits per heavy atom. The van der Waals surface area contributed by atoms with Crippen molar-refractivity contribution in [1.29, 1.82) is 0 Å². The third kappa shape index (κ3) is 4.49. The average molecular weight is 441 g/mol. The maximum atomic E-state index is 13.1. The van der Waals surface area contributed by atoms with Crippen LogP contribution in [0.25, 0.3) is 5.82 Å². The van der Waals surface area contributed by atoms with Crippen LogP contribution in [-0.2, 0) is 6.54 Å². The van der Waals surface area contributed by atoms with Crippen molar-refractivity contribution in [2.75, 3.05) is 12.3 Å². The number of benzene rings is 1. The largest absolute Gasteiger partial charge is 0.378 e. The van der Waals surface area contributed by atoms with Crippen LogP contribution in [0.2, 0.25) is 0 Å². The number of carbonyl (C=O) groups is 1. The molecule has 0 bridgehead atoms. The molecule has 3 heterocycles. The number of halogens is 1. The lowest BCUT2D eigenvalue weighted by Gasteiger charge is -2.33. The highest BCUT2D eigenvalue weighted by atomic mass is 19.1. The summed E-state index contributed by atoms with van der Waals surface area (Å²) >= 11 is 0. The number of aromatic nitrogens is 5. The van der Waals surface area contributed by atoms with E-state index >= 15 is 0 Å². The molecule has 1 aliphatic heterocycles. The first-order valence-electron chi connectivity index (χ1n) is 10.3. The Balaban J connectivity index is 1.61. The molecule has 4 rings (SSSR count). The quantitative estimate of drug-likeness (QED) is 0.437. The van der Waals surface area contributed by atoms with E-state index in [9.17, 15) is 9.18 Å². The van der Waals surface area contributed by atoms with Crippen molar-refractivity contribution in [1.82, 2.24) is 35.6 Å². The van der Waals surface area contributed by atoms with Crippen LogP contribution in [0.5, 0.6) is 0 Å². The number of hydrogen-bond acceptors (Lipinski definition) is 9. The minimum atomic E-state index is -0.535. The molecular weight excluding hydrogens is 417 g/mol. The molecule has 12 heteroatoms. The minimum absolute atomic E-state index is 0.0416. The molecule has 2 aromatic heterocycles. The van der Waals surface area contributed by atoms with Gasteiger partial charge in [-0.05, 0) is 61.2 Å². The van der Waals surface area contributed by atoms with Crippen LogP contribution in [0.1, 0.15) is 54.9 Å². The first-order chi connectivity index (χ1) is 15.4. The van der Waals surface area contributed by atoms with Crippen LogP contribution in [0.3, 0.4) is 0 Å². The van der Waals surface area contributed by atoms with E-state index in [1.54, 1.807) is 19.1 Å². The number of hydrazone groups is 1. The molecule has 3 N–H and O–H groups in total. The van der Waals surface area contributed by atoms with Gasteiger partial charge in [-0.1, -0.05) is 23.8 Å². The molecule has 0 aliphatic carbocycles. The molecule has 1 aliphatic rings. The van der Waals surface area contributed by atoms with E-state index in [2.05, 4.69) is 43.0 Å². The summed E-state index contributed by atoms with van der Waals surface area (Å²) in [5.74, 6) is -0.671. The number of nitrogens with two attached hydrogens (primary N) is 1. The fourth-order valence-corrected chi connectivity index (χ4v) is 3.66. The highest BCUT2D eigenvalue weighted by molar-refractivity contribution is 6.00. The smallest absolute Gasteiger partial charge is 0.293 e. The highest BCUT2D eigenvalue weighted by Gasteiger charge is 2.28. The maximum absolute atomic E-state index is 13.1. The second-order valence-corrected chi connectivity index (χ2v) is 7.73. The predicted molar refractivity (Wildman–Crippen MR) is 113 cm³/mol.